The van der Waals surface area contributed by atoms with Gasteiger partial charge in [-0.25, -0.2) is 5.43 Å². The van der Waals surface area contributed by atoms with E-state index in [1.807, 2.05) is 37.3 Å². The van der Waals surface area contributed by atoms with Crippen LogP contribution in [0.2, 0.25) is 0 Å². The summed E-state index contributed by atoms with van der Waals surface area (Å²) in [6.45, 7) is 4.92. The van der Waals surface area contributed by atoms with Crippen LogP contribution in [-0.4, -0.2) is 22.6 Å². The Morgan fingerprint density at radius 2 is 1.56 bits per heavy atom. The van der Waals surface area contributed by atoms with Gasteiger partial charge in [0.05, 0.1) is 6.21 Å². The van der Waals surface area contributed by atoms with Gasteiger partial charge in [-0.15, -0.1) is 0 Å². The molecule has 0 unspecified atom stereocenters. The Labute approximate surface area is 209 Å². The van der Waals surface area contributed by atoms with E-state index in [1.165, 1.54) is 16.4 Å². The molecule has 6 heteroatoms. The molecule has 1 heterocycles. The summed E-state index contributed by atoms with van der Waals surface area (Å²) in [7, 11) is 0. The number of nitrogens with one attached hydrogen (secondary N) is 2. The van der Waals surface area contributed by atoms with Crippen molar-refractivity contribution in [2.24, 2.45) is 5.10 Å². The molecule has 5 aromatic rings. The molecule has 2 N–H and O–H groups in total. The van der Waals surface area contributed by atoms with Gasteiger partial charge in [-0.2, -0.15) is 5.10 Å². The Morgan fingerprint density at radius 1 is 0.833 bits per heavy atom. The minimum Gasteiger partial charge on any atom is -0.341 e. The summed E-state index contributed by atoms with van der Waals surface area (Å²) in [5, 5.41) is 9.37. The third-order valence-electron chi connectivity index (χ3n) is 6.29. The Hall–Kier alpha value is -4.71. The maximum atomic E-state index is 12.5. The SMILES string of the molecule is CCn1c2ccccc2c2cc(/C=N/NC(=O)c3ccc(NC(=O)c4ccccc4C)cc3)ccc21. The fraction of sp³-hybridized carbons (Fsp3) is 0.100. The molecule has 5 rings (SSSR count). The average Bonchev–Trinajstić information content (AvgIpc) is 3.22. The van der Waals surface area contributed by atoms with Gasteiger partial charge in [0.25, 0.3) is 11.8 Å². The molecule has 0 saturated carbocycles. The zero-order chi connectivity index (χ0) is 25.1. The lowest BCUT2D eigenvalue weighted by atomic mass is 10.1. The van der Waals surface area contributed by atoms with Gasteiger partial charge in [0.1, 0.15) is 0 Å². The lowest BCUT2D eigenvalue weighted by Gasteiger charge is -2.08. The van der Waals surface area contributed by atoms with E-state index in [-0.39, 0.29) is 11.8 Å². The zero-order valence-corrected chi connectivity index (χ0v) is 20.2. The van der Waals surface area contributed by atoms with Gasteiger partial charge >= 0.3 is 0 Å². The summed E-state index contributed by atoms with van der Waals surface area (Å²) >= 11 is 0. The first-order valence-corrected chi connectivity index (χ1v) is 11.9. The molecule has 0 atom stereocenters. The predicted octanol–water partition coefficient (Wildman–Crippen LogP) is 6.14. The van der Waals surface area contributed by atoms with Crippen LogP contribution in [0.25, 0.3) is 21.8 Å². The molecular formula is C30H26N4O2. The number of amides is 2. The van der Waals surface area contributed by atoms with Crippen LogP contribution in [0.1, 0.15) is 38.8 Å². The van der Waals surface area contributed by atoms with E-state index in [1.54, 1.807) is 36.5 Å². The number of aromatic nitrogens is 1. The molecule has 0 aliphatic heterocycles. The van der Waals surface area contributed by atoms with E-state index in [0.717, 1.165) is 23.1 Å². The summed E-state index contributed by atoms with van der Waals surface area (Å²) in [6.07, 6.45) is 1.65. The molecule has 0 aliphatic carbocycles. The zero-order valence-electron chi connectivity index (χ0n) is 20.2. The van der Waals surface area contributed by atoms with Gasteiger partial charge in [0, 0.05) is 45.2 Å². The van der Waals surface area contributed by atoms with Gasteiger partial charge < -0.3 is 9.88 Å². The number of fused-ring (bicyclic) bond motifs is 3. The van der Waals surface area contributed by atoms with Crippen molar-refractivity contribution in [2.75, 3.05) is 5.32 Å². The number of hydrogen-bond acceptors (Lipinski definition) is 3. The van der Waals surface area contributed by atoms with Crippen molar-refractivity contribution in [1.82, 2.24) is 9.99 Å². The number of hydrogen-bond donors (Lipinski definition) is 2. The first-order valence-electron chi connectivity index (χ1n) is 11.9. The summed E-state index contributed by atoms with van der Waals surface area (Å²) < 4.78 is 2.29. The second kappa shape index (κ2) is 9.88. The number of carbonyl (C=O) groups is 2. The quantitative estimate of drug-likeness (QED) is 0.229. The highest BCUT2D eigenvalue weighted by Gasteiger charge is 2.11. The highest BCUT2D eigenvalue weighted by Crippen LogP contribution is 2.29. The molecule has 0 radical (unpaired) electrons. The van der Waals surface area contributed by atoms with Gasteiger partial charge in [0.2, 0.25) is 0 Å². The standard InChI is InChI=1S/C30H26N4O2/c1-3-34-27-11-7-6-10-25(27)26-18-21(12-17-28(26)34)19-31-33-29(35)22-13-15-23(16-14-22)32-30(36)24-9-5-4-8-20(24)2/h4-19H,3H2,1-2H3,(H,32,36)(H,33,35)/b31-19+. The van der Waals surface area contributed by atoms with Crippen LogP contribution in [0.3, 0.4) is 0 Å². The molecule has 6 nitrogen and oxygen atoms in total. The Bertz CT molecular complexity index is 1610. The van der Waals surface area contributed by atoms with Crippen LogP contribution in [0.5, 0.6) is 0 Å². The molecule has 178 valence electrons. The van der Waals surface area contributed by atoms with Crippen molar-refractivity contribution < 1.29 is 9.59 Å². The minimum absolute atomic E-state index is 0.186. The van der Waals surface area contributed by atoms with Crippen molar-refractivity contribution in [3.05, 3.63) is 113 Å². The smallest absolute Gasteiger partial charge is 0.271 e. The predicted molar refractivity (Wildman–Crippen MR) is 146 cm³/mol. The summed E-state index contributed by atoms with van der Waals surface area (Å²) in [5.74, 6) is -0.513. The summed E-state index contributed by atoms with van der Waals surface area (Å²) in [5.41, 5.74) is 8.44. The Morgan fingerprint density at radius 3 is 2.33 bits per heavy atom. The first-order chi connectivity index (χ1) is 17.5. The van der Waals surface area contributed by atoms with E-state index in [9.17, 15) is 9.59 Å². The summed E-state index contributed by atoms with van der Waals surface area (Å²) in [4.78, 5) is 25.0. The van der Waals surface area contributed by atoms with Gasteiger partial charge in [-0.3, -0.25) is 9.59 Å². The molecule has 0 fully saturated rings. The van der Waals surface area contributed by atoms with E-state index in [0.29, 0.717) is 16.8 Å². The molecule has 0 saturated heterocycles. The lowest BCUT2D eigenvalue weighted by molar-refractivity contribution is 0.0954. The van der Waals surface area contributed by atoms with Gasteiger partial charge in [0.15, 0.2) is 0 Å². The van der Waals surface area contributed by atoms with Crippen molar-refractivity contribution in [3.63, 3.8) is 0 Å². The molecular weight excluding hydrogens is 448 g/mol. The normalized spacial score (nSPS) is 11.3. The average molecular weight is 475 g/mol. The Balaban J connectivity index is 1.26. The number of carbonyl (C=O) groups excluding carboxylic acids is 2. The van der Waals surface area contributed by atoms with Crippen LogP contribution in [0, 0.1) is 6.92 Å². The molecule has 2 amide bonds. The number of nitrogens with zero attached hydrogens (tertiary/aromatic N) is 2. The van der Waals surface area contributed by atoms with Crippen LogP contribution >= 0.6 is 0 Å². The van der Waals surface area contributed by atoms with Crippen molar-refractivity contribution in [3.8, 4) is 0 Å². The third kappa shape index (κ3) is 4.49. The first kappa shape index (κ1) is 23.1. The third-order valence-corrected chi connectivity index (χ3v) is 6.29. The largest absolute Gasteiger partial charge is 0.341 e. The van der Waals surface area contributed by atoms with E-state index >= 15 is 0 Å². The van der Waals surface area contributed by atoms with Crippen LogP contribution in [-0.2, 0) is 6.54 Å². The van der Waals surface area contributed by atoms with E-state index in [2.05, 4.69) is 57.7 Å². The minimum atomic E-state index is -0.327. The molecule has 0 aliphatic rings. The number of rotatable bonds is 6. The van der Waals surface area contributed by atoms with E-state index < -0.39 is 0 Å². The molecule has 1 aromatic heterocycles. The molecule has 4 aromatic carbocycles. The van der Waals surface area contributed by atoms with Crippen LogP contribution < -0.4 is 10.7 Å². The van der Waals surface area contributed by atoms with Crippen molar-refractivity contribution in [2.45, 2.75) is 20.4 Å². The second-order valence-electron chi connectivity index (χ2n) is 8.58. The van der Waals surface area contributed by atoms with Gasteiger partial charge in [-0.1, -0.05) is 42.5 Å². The molecule has 36 heavy (non-hydrogen) atoms. The highest BCUT2D eigenvalue weighted by molar-refractivity contribution is 6.09. The monoisotopic (exact) mass is 474 g/mol. The Kier molecular flexibility index (Phi) is 6.33. The number of benzene rings is 4. The second-order valence-corrected chi connectivity index (χ2v) is 8.58. The molecule has 0 bridgehead atoms. The number of para-hydroxylation sites is 1. The maximum Gasteiger partial charge on any atom is 0.271 e. The van der Waals surface area contributed by atoms with Crippen molar-refractivity contribution >= 4 is 45.5 Å². The number of hydrazone groups is 1. The summed E-state index contributed by atoms with van der Waals surface area (Å²) in [6, 6.07) is 28.6. The highest BCUT2D eigenvalue weighted by atomic mass is 16.2. The maximum absolute atomic E-state index is 12.5. The number of anilines is 1. The fourth-order valence-electron chi connectivity index (χ4n) is 4.45. The fourth-order valence-corrected chi connectivity index (χ4v) is 4.45. The number of aryl methyl sites for hydroxylation is 2. The van der Waals surface area contributed by atoms with Crippen molar-refractivity contribution in [1.29, 1.82) is 0 Å². The van der Waals surface area contributed by atoms with Crippen LogP contribution in [0.15, 0.2) is 96.1 Å². The van der Waals surface area contributed by atoms with Crippen LogP contribution in [0.4, 0.5) is 5.69 Å². The van der Waals surface area contributed by atoms with E-state index in [4.69, 9.17) is 0 Å². The molecule has 0 spiro atoms. The lowest BCUT2D eigenvalue weighted by Crippen LogP contribution is -2.18. The van der Waals surface area contributed by atoms with Gasteiger partial charge in [-0.05, 0) is 73.5 Å². The topological polar surface area (TPSA) is 75.5 Å².